The number of nitrogens with zero attached hydrogens (tertiary/aromatic N) is 2. The molecule has 0 spiro atoms. The van der Waals surface area contributed by atoms with Gasteiger partial charge < -0.3 is 10.2 Å². The highest BCUT2D eigenvalue weighted by molar-refractivity contribution is 6.01. The van der Waals surface area contributed by atoms with Crippen LogP contribution in [0, 0.1) is 6.92 Å². The van der Waals surface area contributed by atoms with Gasteiger partial charge in [-0.15, -0.1) is 0 Å². The smallest absolute Gasteiger partial charge is 0.326 e. The van der Waals surface area contributed by atoms with Crippen molar-refractivity contribution >= 4 is 17.7 Å². The van der Waals surface area contributed by atoms with Crippen LogP contribution in [-0.2, 0) is 0 Å². The van der Waals surface area contributed by atoms with Gasteiger partial charge in [-0.2, -0.15) is 0 Å². The van der Waals surface area contributed by atoms with Crippen LogP contribution in [0.15, 0.2) is 24.3 Å². The molecule has 0 radical (unpaired) electrons. The summed E-state index contributed by atoms with van der Waals surface area (Å²) >= 11 is 0. The Morgan fingerprint density at radius 1 is 1.35 bits per heavy atom. The number of rotatable bonds is 1. The van der Waals surface area contributed by atoms with Gasteiger partial charge in [-0.3, -0.25) is 0 Å². The number of carbonyl (C=O) groups excluding carboxylic acids is 2. The molecule has 4 amide bonds. The molecule has 90 valence electrons. The van der Waals surface area contributed by atoms with E-state index in [1.54, 1.807) is 13.1 Å². The molecular formula is C12H15N3O2. The lowest BCUT2D eigenvalue weighted by atomic mass is 10.2. The summed E-state index contributed by atoms with van der Waals surface area (Å²) < 4.78 is 0. The third kappa shape index (κ3) is 2.38. The molecule has 17 heavy (non-hydrogen) atoms. The summed E-state index contributed by atoms with van der Waals surface area (Å²) in [5.41, 5.74) is 1.77. The summed E-state index contributed by atoms with van der Waals surface area (Å²) in [6.45, 7) is 2.97. The van der Waals surface area contributed by atoms with E-state index < -0.39 is 0 Å². The van der Waals surface area contributed by atoms with Gasteiger partial charge in [0.25, 0.3) is 0 Å². The van der Waals surface area contributed by atoms with Crippen LogP contribution in [0.5, 0.6) is 0 Å². The highest BCUT2D eigenvalue weighted by atomic mass is 16.2. The number of hydrogen-bond acceptors (Lipinski definition) is 2. The standard InChI is InChI=1S/C12H15N3O2/c1-9-4-3-5-10(8-9)13-11(16)15-7-6-14(2)12(15)17/h3-5,8H,6-7H2,1-2H3,(H,13,16). The number of nitrogens with one attached hydrogen (secondary N) is 1. The fraction of sp³-hybridized carbons (Fsp3) is 0.333. The maximum absolute atomic E-state index is 11.8. The molecule has 0 saturated carbocycles. The lowest BCUT2D eigenvalue weighted by Crippen LogP contribution is -2.37. The zero-order valence-electron chi connectivity index (χ0n) is 9.93. The Kier molecular flexibility index (Phi) is 2.99. The third-order valence-corrected chi connectivity index (χ3v) is 2.73. The van der Waals surface area contributed by atoms with Gasteiger partial charge in [-0.1, -0.05) is 12.1 Å². The van der Waals surface area contributed by atoms with E-state index in [2.05, 4.69) is 5.32 Å². The van der Waals surface area contributed by atoms with Crippen molar-refractivity contribution in [3.63, 3.8) is 0 Å². The number of aryl methyl sites for hydroxylation is 1. The van der Waals surface area contributed by atoms with Crippen LogP contribution in [-0.4, -0.2) is 42.0 Å². The Hall–Kier alpha value is -2.04. The minimum Gasteiger partial charge on any atom is -0.326 e. The largest absolute Gasteiger partial charge is 0.330 e. The second kappa shape index (κ2) is 4.45. The van der Waals surface area contributed by atoms with Gasteiger partial charge in [0.1, 0.15) is 0 Å². The van der Waals surface area contributed by atoms with E-state index in [1.165, 1.54) is 9.80 Å². The molecule has 0 aliphatic carbocycles. The van der Waals surface area contributed by atoms with Crippen molar-refractivity contribution in [1.82, 2.24) is 9.80 Å². The topological polar surface area (TPSA) is 52.7 Å². The minimum absolute atomic E-state index is 0.254. The van der Waals surface area contributed by atoms with Crippen LogP contribution >= 0.6 is 0 Å². The van der Waals surface area contributed by atoms with Crippen LogP contribution in [0.2, 0.25) is 0 Å². The molecule has 0 aromatic heterocycles. The molecule has 1 saturated heterocycles. The number of benzene rings is 1. The number of likely N-dealkylation sites (N-methyl/N-ethyl adjacent to an activating group) is 1. The van der Waals surface area contributed by atoms with Crippen LogP contribution in [0.4, 0.5) is 15.3 Å². The van der Waals surface area contributed by atoms with Crippen molar-refractivity contribution < 1.29 is 9.59 Å². The molecule has 0 atom stereocenters. The van der Waals surface area contributed by atoms with Crippen molar-refractivity contribution in [2.45, 2.75) is 6.92 Å². The van der Waals surface area contributed by atoms with E-state index in [0.717, 1.165) is 5.56 Å². The average molecular weight is 233 g/mol. The molecule has 1 fully saturated rings. The van der Waals surface area contributed by atoms with E-state index in [-0.39, 0.29) is 12.1 Å². The Labute approximate surface area is 100 Å². The van der Waals surface area contributed by atoms with Gasteiger partial charge >= 0.3 is 12.1 Å². The van der Waals surface area contributed by atoms with Crippen molar-refractivity contribution in [2.75, 3.05) is 25.5 Å². The first kappa shape index (κ1) is 11.4. The summed E-state index contributed by atoms with van der Waals surface area (Å²) in [4.78, 5) is 26.2. The van der Waals surface area contributed by atoms with Gasteiger partial charge in [-0.05, 0) is 24.6 Å². The van der Waals surface area contributed by atoms with Crippen LogP contribution in [0.25, 0.3) is 0 Å². The highest BCUT2D eigenvalue weighted by Gasteiger charge is 2.30. The Morgan fingerprint density at radius 2 is 2.12 bits per heavy atom. The van der Waals surface area contributed by atoms with Gasteiger partial charge in [-0.25, -0.2) is 14.5 Å². The normalized spacial score (nSPS) is 15.3. The van der Waals surface area contributed by atoms with E-state index >= 15 is 0 Å². The second-order valence-corrected chi connectivity index (χ2v) is 4.16. The van der Waals surface area contributed by atoms with Crippen LogP contribution in [0.3, 0.4) is 0 Å². The predicted octanol–water partition coefficient (Wildman–Crippen LogP) is 1.89. The predicted molar refractivity (Wildman–Crippen MR) is 64.9 cm³/mol. The molecule has 1 aromatic carbocycles. The number of imide groups is 1. The molecule has 5 heteroatoms. The SMILES string of the molecule is Cc1cccc(NC(=O)N2CCN(C)C2=O)c1. The Balaban J connectivity index is 2.05. The quantitative estimate of drug-likeness (QED) is 0.805. The molecule has 1 heterocycles. The molecule has 1 aliphatic heterocycles. The van der Waals surface area contributed by atoms with Gasteiger partial charge in [0, 0.05) is 25.8 Å². The first-order valence-electron chi connectivity index (χ1n) is 5.48. The molecule has 1 N–H and O–H groups in total. The molecular weight excluding hydrogens is 218 g/mol. The fourth-order valence-corrected chi connectivity index (χ4v) is 1.75. The summed E-state index contributed by atoms with van der Waals surface area (Å²) in [5, 5.41) is 2.72. The second-order valence-electron chi connectivity index (χ2n) is 4.16. The van der Waals surface area contributed by atoms with E-state index in [4.69, 9.17) is 0 Å². The lowest BCUT2D eigenvalue weighted by Gasteiger charge is -2.15. The van der Waals surface area contributed by atoms with E-state index in [9.17, 15) is 9.59 Å². The summed E-state index contributed by atoms with van der Waals surface area (Å²) in [7, 11) is 1.68. The monoisotopic (exact) mass is 233 g/mol. The van der Waals surface area contributed by atoms with Crippen LogP contribution < -0.4 is 5.32 Å². The third-order valence-electron chi connectivity index (χ3n) is 2.73. The Morgan fingerprint density at radius 3 is 2.71 bits per heavy atom. The number of carbonyl (C=O) groups is 2. The molecule has 5 nitrogen and oxygen atoms in total. The zero-order valence-corrected chi connectivity index (χ0v) is 9.93. The van der Waals surface area contributed by atoms with Crippen molar-refractivity contribution in [3.8, 4) is 0 Å². The molecule has 1 aliphatic rings. The zero-order chi connectivity index (χ0) is 12.4. The fourth-order valence-electron chi connectivity index (χ4n) is 1.75. The van der Waals surface area contributed by atoms with Gasteiger partial charge in [0.2, 0.25) is 0 Å². The highest BCUT2D eigenvalue weighted by Crippen LogP contribution is 2.12. The summed E-state index contributed by atoms with van der Waals surface area (Å²) in [6, 6.07) is 6.85. The van der Waals surface area contributed by atoms with Crippen molar-refractivity contribution in [1.29, 1.82) is 0 Å². The lowest BCUT2D eigenvalue weighted by molar-refractivity contribution is 0.195. The van der Waals surface area contributed by atoms with Crippen LogP contribution in [0.1, 0.15) is 5.56 Å². The Bertz CT molecular complexity index is 459. The van der Waals surface area contributed by atoms with Gasteiger partial charge in [0.15, 0.2) is 0 Å². The van der Waals surface area contributed by atoms with Crippen molar-refractivity contribution in [2.24, 2.45) is 0 Å². The minimum atomic E-state index is -0.370. The first-order chi connectivity index (χ1) is 8.08. The van der Waals surface area contributed by atoms with Crippen molar-refractivity contribution in [3.05, 3.63) is 29.8 Å². The van der Waals surface area contributed by atoms with E-state index in [1.807, 2.05) is 25.1 Å². The molecule has 2 rings (SSSR count). The maximum Gasteiger partial charge on any atom is 0.330 e. The number of anilines is 1. The maximum atomic E-state index is 11.8. The summed E-state index contributed by atoms with van der Waals surface area (Å²) in [5.74, 6) is 0. The molecule has 0 bridgehead atoms. The number of amides is 4. The molecule has 0 unspecified atom stereocenters. The average Bonchev–Trinajstić information content (AvgIpc) is 2.60. The first-order valence-corrected chi connectivity index (χ1v) is 5.48. The van der Waals surface area contributed by atoms with Gasteiger partial charge in [0.05, 0.1) is 0 Å². The number of hydrogen-bond donors (Lipinski definition) is 1. The van der Waals surface area contributed by atoms with E-state index in [0.29, 0.717) is 18.8 Å². The number of urea groups is 2. The summed E-state index contributed by atoms with van der Waals surface area (Å²) in [6.07, 6.45) is 0. The molecule has 1 aromatic rings.